The summed E-state index contributed by atoms with van der Waals surface area (Å²) in [7, 11) is 5.71. The number of rotatable bonds is 5. The van der Waals surface area contributed by atoms with Crippen molar-refractivity contribution < 1.29 is 4.74 Å². The molecule has 3 N–H and O–H groups in total. The summed E-state index contributed by atoms with van der Waals surface area (Å²) in [4.78, 5) is 2.07. The molecular formula is C16H21N3O. The van der Waals surface area contributed by atoms with Gasteiger partial charge in [0.1, 0.15) is 5.75 Å². The number of anilines is 1. The zero-order chi connectivity index (χ0) is 14.5. The van der Waals surface area contributed by atoms with Crippen molar-refractivity contribution in [3.8, 4) is 5.75 Å². The average Bonchev–Trinajstić information content (AvgIpc) is 2.49. The minimum absolute atomic E-state index is 0.0950. The van der Waals surface area contributed by atoms with E-state index in [1.165, 1.54) is 0 Å². The Bertz CT molecular complexity index is 552. The molecule has 2 aromatic carbocycles. The van der Waals surface area contributed by atoms with Crippen LogP contribution in [0.4, 0.5) is 5.69 Å². The van der Waals surface area contributed by atoms with Crippen LogP contribution >= 0.6 is 0 Å². The van der Waals surface area contributed by atoms with E-state index in [0.29, 0.717) is 0 Å². The molecule has 0 aromatic heterocycles. The summed E-state index contributed by atoms with van der Waals surface area (Å²) in [6.07, 6.45) is 0. The second kappa shape index (κ2) is 6.41. The van der Waals surface area contributed by atoms with Crippen molar-refractivity contribution in [2.75, 3.05) is 26.1 Å². The van der Waals surface area contributed by atoms with Crippen molar-refractivity contribution >= 4 is 5.69 Å². The second-order valence-electron chi connectivity index (χ2n) is 4.83. The predicted octanol–water partition coefficient (Wildman–Crippen LogP) is 2.31. The zero-order valence-electron chi connectivity index (χ0n) is 12.1. The quantitative estimate of drug-likeness (QED) is 0.647. The van der Waals surface area contributed by atoms with Crippen LogP contribution in [0.3, 0.4) is 0 Å². The fourth-order valence-corrected chi connectivity index (χ4v) is 2.24. The molecule has 1 unspecified atom stereocenters. The van der Waals surface area contributed by atoms with Gasteiger partial charge in [0.05, 0.1) is 13.2 Å². The average molecular weight is 271 g/mol. The van der Waals surface area contributed by atoms with E-state index in [4.69, 9.17) is 10.6 Å². The molecule has 0 saturated carbocycles. The minimum Gasteiger partial charge on any atom is -0.496 e. The van der Waals surface area contributed by atoms with Gasteiger partial charge in [-0.3, -0.25) is 5.84 Å². The lowest BCUT2D eigenvalue weighted by molar-refractivity contribution is 0.404. The highest BCUT2D eigenvalue weighted by atomic mass is 16.5. The highest BCUT2D eigenvalue weighted by molar-refractivity contribution is 5.49. The third-order valence-electron chi connectivity index (χ3n) is 3.36. The first kappa shape index (κ1) is 14.4. The summed E-state index contributed by atoms with van der Waals surface area (Å²) >= 11 is 0. The van der Waals surface area contributed by atoms with Gasteiger partial charge >= 0.3 is 0 Å². The van der Waals surface area contributed by atoms with Crippen LogP contribution in [0.1, 0.15) is 17.2 Å². The molecule has 106 valence electrons. The van der Waals surface area contributed by atoms with Crippen LogP contribution < -0.4 is 20.9 Å². The first-order valence-corrected chi connectivity index (χ1v) is 6.53. The van der Waals surface area contributed by atoms with Crippen molar-refractivity contribution in [2.45, 2.75) is 6.04 Å². The molecule has 0 fully saturated rings. The van der Waals surface area contributed by atoms with Gasteiger partial charge in [-0.15, -0.1) is 0 Å². The molecule has 0 amide bonds. The molecule has 0 aliphatic heterocycles. The molecule has 20 heavy (non-hydrogen) atoms. The van der Waals surface area contributed by atoms with Gasteiger partial charge in [-0.1, -0.05) is 30.3 Å². The van der Waals surface area contributed by atoms with Crippen molar-refractivity contribution in [3.63, 3.8) is 0 Å². The molecule has 0 saturated heterocycles. The van der Waals surface area contributed by atoms with Gasteiger partial charge < -0.3 is 9.64 Å². The third-order valence-corrected chi connectivity index (χ3v) is 3.36. The monoisotopic (exact) mass is 271 g/mol. The largest absolute Gasteiger partial charge is 0.496 e. The van der Waals surface area contributed by atoms with E-state index in [1.54, 1.807) is 7.11 Å². The summed E-state index contributed by atoms with van der Waals surface area (Å²) in [5.74, 6) is 6.57. The summed E-state index contributed by atoms with van der Waals surface area (Å²) in [5, 5.41) is 0. The topological polar surface area (TPSA) is 50.5 Å². The summed E-state index contributed by atoms with van der Waals surface area (Å²) in [6, 6.07) is 16.1. The van der Waals surface area contributed by atoms with Crippen molar-refractivity contribution in [1.29, 1.82) is 0 Å². The second-order valence-corrected chi connectivity index (χ2v) is 4.83. The molecule has 0 bridgehead atoms. The Morgan fingerprint density at radius 2 is 1.70 bits per heavy atom. The minimum atomic E-state index is -0.0950. The molecule has 0 radical (unpaired) electrons. The van der Waals surface area contributed by atoms with Gasteiger partial charge in [0.25, 0.3) is 0 Å². The van der Waals surface area contributed by atoms with Gasteiger partial charge in [-0.25, -0.2) is 5.43 Å². The number of nitrogens with zero attached hydrogens (tertiary/aromatic N) is 1. The van der Waals surface area contributed by atoms with E-state index in [9.17, 15) is 0 Å². The van der Waals surface area contributed by atoms with Gasteiger partial charge in [-0.2, -0.15) is 0 Å². The Labute approximate surface area is 120 Å². The van der Waals surface area contributed by atoms with Crippen LogP contribution in [0.25, 0.3) is 0 Å². The van der Waals surface area contributed by atoms with E-state index < -0.39 is 0 Å². The van der Waals surface area contributed by atoms with Gasteiger partial charge in [0.15, 0.2) is 0 Å². The number of hydrazine groups is 1. The standard InChI is InChI=1S/C16H21N3O/c1-19(2)13-10-8-12(9-11-13)16(18-17)14-6-4-5-7-15(14)20-3/h4-11,16,18H,17H2,1-3H3. The van der Waals surface area contributed by atoms with Gasteiger partial charge in [0, 0.05) is 25.3 Å². The van der Waals surface area contributed by atoms with Crippen LogP contribution in [0, 0.1) is 0 Å². The van der Waals surface area contributed by atoms with Gasteiger partial charge in [0.2, 0.25) is 0 Å². The Morgan fingerprint density at radius 3 is 2.25 bits per heavy atom. The van der Waals surface area contributed by atoms with Crippen LogP contribution in [-0.2, 0) is 0 Å². The van der Waals surface area contributed by atoms with E-state index in [0.717, 1.165) is 22.6 Å². The Morgan fingerprint density at radius 1 is 1.05 bits per heavy atom. The van der Waals surface area contributed by atoms with Crippen LogP contribution in [0.2, 0.25) is 0 Å². The Kier molecular flexibility index (Phi) is 4.61. The summed E-state index contributed by atoms with van der Waals surface area (Å²) in [6.45, 7) is 0. The molecule has 4 heteroatoms. The SMILES string of the molecule is COc1ccccc1C(NN)c1ccc(N(C)C)cc1. The molecule has 0 aliphatic rings. The predicted molar refractivity (Wildman–Crippen MR) is 82.9 cm³/mol. The zero-order valence-corrected chi connectivity index (χ0v) is 12.1. The molecule has 2 aromatic rings. The van der Waals surface area contributed by atoms with Crippen molar-refractivity contribution in [3.05, 3.63) is 59.7 Å². The maximum atomic E-state index is 5.74. The van der Waals surface area contributed by atoms with Crippen molar-refractivity contribution in [2.24, 2.45) is 5.84 Å². The number of benzene rings is 2. The lowest BCUT2D eigenvalue weighted by atomic mass is 9.98. The fraction of sp³-hybridized carbons (Fsp3) is 0.250. The third kappa shape index (κ3) is 2.92. The highest BCUT2D eigenvalue weighted by Crippen LogP contribution is 2.30. The lowest BCUT2D eigenvalue weighted by Crippen LogP contribution is -2.29. The molecule has 0 aliphatic carbocycles. The smallest absolute Gasteiger partial charge is 0.124 e. The van der Waals surface area contributed by atoms with Crippen molar-refractivity contribution in [1.82, 2.24) is 5.43 Å². The van der Waals surface area contributed by atoms with Crippen LogP contribution in [0.5, 0.6) is 5.75 Å². The number of nitrogens with two attached hydrogens (primary N) is 1. The number of methoxy groups -OCH3 is 1. The number of hydrogen-bond acceptors (Lipinski definition) is 4. The normalized spacial score (nSPS) is 12.0. The van der Waals surface area contributed by atoms with Crippen LogP contribution in [0.15, 0.2) is 48.5 Å². The number of para-hydroxylation sites is 1. The highest BCUT2D eigenvalue weighted by Gasteiger charge is 2.16. The molecule has 0 heterocycles. The first-order valence-electron chi connectivity index (χ1n) is 6.53. The lowest BCUT2D eigenvalue weighted by Gasteiger charge is -2.20. The fourth-order valence-electron chi connectivity index (χ4n) is 2.24. The van der Waals surface area contributed by atoms with E-state index in [2.05, 4.69) is 34.6 Å². The van der Waals surface area contributed by atoms with Crippen LogP contribution in [-0.4, -0.2) is 21.2 Å². The number of nitrogens with one attached hydrogen (secondary N) is 1. The first-order chi connectivity index (χ1) is 9.67. The Balaban J connectivity index is 2.36. The van der Waals surface area contributed by atoms with E-state index in [1.807, 2.05) is 38.4 Å². The van der Waals surface area contributed by atoms with E-state index in [-0.39, 0.29) is 6.04 Å². The maximum absolute atomic E-state index is 5.74. The molecular weight excluding hydrogens is 250 g/mol. The number of hydrogen-bond donors (Lipinski definition) is 2. The molecule has 0 spiro atoms. The summed E-state index contributed by atoms with van der Waals surface area (Å²) < 4.78 is 5.41. The molecule has 4 nitrogen and oxygen atoms in total. The van der Waals surface area contributed by atoms with E-state index >= 15 is 0 Å². The number of ether oxygens (including phenoxy) is 1. The Hall–Kier alpha value is -2.04. The molecule has 1 atom stereocenters. The van der Waals surface area contributed by atoms with Gasteiger partial charge in [-0.05, 0) is 23.8 Å². The molecule has 2 rings (SSSR count). The maximum Gasteiger partial charge on any atom is 0.124 e. The summed E-state index contributed by atoms with van der Waals surface area (Å²) in [5.41, 5.74) is 6.14.